The molecule has 0 aromatic heterocycles. The average molecular weight is 280 g/mol. The third-order valence-corrected chi connectivity index (χ3v) is 3.50. The molecule has 0 unspecified atom stereocenters. The first kappa shape index (κ1) is 12.1. The van der Waals surface area contributed by atoms with Gasteiger partial charge in [0, 0.05) is 0 Å². The van der Waals surface area contributed by atoms with Crippen molar-refractivity contribution in [3.63, 3.8) is 0 Å². The second-order valence-electron chi connectivity index (χ2n) is 5.15. The molecule has 3 aliphatic rings. The number of fused-ring (bicyclic) bond motifs is 1. The minimum absolute atomic E-state index is 0.204. The van der Waals surface area contributed by atoms with E-state index >= 15 is 0 Å². The summed E-state index contributed by atoms with van der Waals surface area (Å²) in [6, 6.07) is 7.48. The normalized spacial score (nSPS) is 19.8. The number of amides is 1. The Labute approximate surface area is 121 Å². The number of rotatable bonds is 4. The van der Waals surface area contributed by atoms with Gasteiger partial charge in [-0.05, 0) is 30.9 Å². The molecule has 104 valence electrons. The average Bonchev–Trinajstić information content (AvgIpc) is 3.21. The summed E-state index contributed by atoms with van der Waals surface area (Å²) in [6.07, 6.45) is 3.76. The molecular weight excluding hydrogens is 268 g/mol. The molecule has 1 aliphatic carbocycles. The predicted octanol–water partition coefficient (Wildman–Crippen LogP) is 1.64. The van der Waals surface area contributed by atoms with Crippen LogP contribution in [0.1, 0.15) is 18.4 Å². The van der Waals surface area contributed by atoms with Crippen LogP contribution in [0, 0.1) is 5.92 Å². The van der Waals surface area contributed by atoms with Crippen molar-refractivity contribution in [2.75, 3.05) is 6.61 Å². The molecule has 6 heteroatoms. The predicted molar refractivity (Wildman–Crippen MR) is 79.6 cm³/mol. The quantitative estimate of drug-likeness (QED) is 0.840. The van der Waals surface area contributed by atoms with Gasteiger partial charge in [0.2, 0.25) is 0 Å². The van der Waals surface area contributed by atoms with E-state index in [2.05, 4.69) is 20.0 Å². The van der Waals surface area contributed by atoms with E-state index in [1.165, 1.54) is 19.2 Å². The highest BCUT2D eigenvalue weighted by atomic mass is 16.5. The van der Waals surface area contributed by atoms with Crippen LogP contribution in [0.2, 0.25) is 0 Å². The molecule has 1 aromatic rings. The minimum Gasteiger partial charge on any atom is -0.493 e. The Morgan fingerprint density at radius 2 is 2.00 bits per heavy atom. The van der Waals surface area contributed by atoms with Crippen molar-refractivity contribution < 1.29 is 9.53 Å². The Morgan fingerprint density at radius 1 is 1.14 bits per heavy atom. The first-order chi connectivity index (χ1) is 10.3. The summed E-state index contributed by atoms with van der Waals surface area (Å²) in [5, 5.41) is 0. The van der Waals surface area contributed by atoms with Crippen molar-refractivity contribution in [1.29, 1.82) is 0 Å². The maximum Gasteiger partial charge on any atom is 0.301 e. The lowest BCUT2D eigenvalue weighted by molar-refractivity contribution is -0.111. The number of hydrogen-bond donors (Lipinski definition) is 0. The molecular formula is C15H12N4O2. The van der Waals surface area contributed by atoms with Gasteiger partial charge >= 0.3 is 5.91 Å². The maximum absolute atomic E-state index is 11.9. The van der Waals surface area contributed by atoms with Crippen LogP contribution in [0.4, 0.5) is 0 Å². The molecule has 0 spiro atoms. The monoisotopic (exact) mass is 280 g/mol. The van der Waals surface area contributed by atoms with E-state index in [0.29, 0.717) is 35.5 Å². The van der Waals surface area contributed by atoms with Gasteiger partial charge in [-0.25, -0.2) is 15.0 Å². The first-order valence-corrected chi connectivity index (χ1v) is 6.86. The van der Waals surface area contributed by atoms with Gasteiger partial charge in [-0.1, -0.05) is 12.1 Å². The molecule has 6 nitrogen and oxygen atoms in total. The molecule has 0 radical (unpaired) electrons. The number of nitrogens with zero attached hydrogens (tertiary/aromatic N) is 4. The van der Waals surface area contributed by atoms with Crippen LogP contribution in [0.25, 0.3) is 0 Å². The number of amidine groups is 2. The molecule has 2 heterocycles. The number of carbonyl (C=O) groups excluding carboxylic acids is 1. The van der Waals surface area contributed by atoms with Crippen molar-refractivity contribution >= 4 is 29.6 Å². The Hall–Kier alpha value is -2.63. The zero-order chi connectivity index (χ0) is 14.2. The van der Waals surface area contributed by atoms with E-state index in [1.54, 1.807) is 0 Å². The van der Waals surface area contributed by atoms with Crippen LogP contribution in [-0.2, 0) is 4.79 Å². The Kier molecular flexibility index (Phi) is 2.73. The zero-order valence-corrected chi connectivity index (χ0v) is 11.2. The molecule has 0 atom stereocenters. The van der Waals surface area contributed by atoms with Crippen LogP contribution in [0.5, 0.6) is 5.75 Å². The van der Waals surface area contributed by atoms with Gasteiger partial charge in [0.25, 0.3) is 0 Å². The molecule has 4 rings (SSSR count). The highest BCUT2D eigenvalue weighted by Gasteiger charge is 2.28. The van der Waals surface area contributed by atoms with Gasteiger partial charge < -0.3 is 4.74 Å². The van der Waals surface area contributed by atoms with Crippen LogP contribution < -0.4 is 4.74 Å². The third kappa shape index (κ3) is 2.29. The largest absolute Gasteiger partial charge is 0.493 e. The molecule has 1 fully saturated rings. The molecule has 0 N–H and O–H groups in total. The van der Waals surface area contributed by atoms with Crippen molar-refractivity contribution in [2.45, 2.75) is 12.8 Å². The summed E-state index contributed by atoms with van der Waals surface area (Å²) in [5.74, 6) is 1.59. The number of ether oxygens (including phenoxy) is 1. The number of para-hydroxylation sites is 1. The number of carbonyl (C=O) groups is 1. The Morgan fingerprint density at radius 3 is 2.86 bits per heavy atom. The van der Waals surface area contributed by atoms with Crippen LogP contribution in [0.3, 0.4) is 0 Å². The van der Waals surface area contributed by atoms with Crippen molar-refractivity contribution in [3.05, 3.63) is 29.8 Å². The lowest BCUT2D eigenvalue weighted by Crippen LogP contribution is -2.26. The van der Waals surface area contributed by atoms with Gasteiger partial charge in [-0.15, -0.1) is 0 Å². The number of benzene rings is 1. The highest BCUT2D eigenvalue weighted by Crippen LogP contribution is 2.30. The fourth-order valence-corrected chi connectivity index (χ4v) is 2.16. The summed E-state index contributed by atoms with van der Waals surface area (Å²) >= 11 is 0. The molecule has 1 aromatic carbocycles. The van der Waals surface area contributed by atoms with Gasteiger partial charge in [0.15, 0.2) is 17.4 Å². The van der Waals surface area contributed by atoms with E-state index in [-0.39, 0.29) is 5.71 Å². The summed E-state index contributed by atoms with van der Waals surface area (Å²) in [5.41, 5.74) is 0.912. The second-order valence-corrected chi connectivity index (χ2v) is 5.15. The molecule has 21 heavy (non-hydrogen) atoms. The van der Waals surface area contributed by atoms with Crippen molar-refractivity contribution in [2.24, 2.45) is 25.9 Å². The van der Waals surface area contributed by atoms with Crippen LogP contribution in [0.15, 0.2) is 44.2 Å². The molecule has 1 saturated carbocycles. The summed E-state index contributed by atoms with van der Waals surface area (Å²) in [6.45, 7) is 0.694. The highest BCUT2D eigenvalue weighted by molar-refractivity contribution is 6.71. The smallest absolute Gasteiger partial charge is 0.301 e. The van der Waals surface area contributed by atoms with Gasteiger partial charge in [-0.3, -0.25) is 4.79 Å². The van der Waals surface area contributed by atoms with Crippen LogP contribution >= 0.6 is 0 Å². The summed E-state index contributed by atoms with van der Waals surface area (Å²) in [7, 11) is 0. The van der Waals surface area contributed by atoms with E-state index in [4.69, 9.17) is 4.74 Å². The topological polar surface area (TPSA) is 75.7 Å². The first-order valence-electron chi connectivity index (χ1n) is 6.86. The van der Waals surface area contributed by atoms with Gasteiger partial charge in [0.1, 0.15) is 12.1 Å². The van der Waals surface area contributed by atoms with Crippen LogP contribution in [-0.4, -0.2) is 36.2 Å². The standard InChI is InChI=1S/C15H12N4O2/c20-15-12-14(17-8-16-12)18-13(19-15)10-3-1-2-4-11(10)21-7-9-5-6-9/h1-4,8-9H,5-7H2. The number of hydrogen-bond acceptors (Lipinski definition) is 5. The second kappa shape index (κ2) is 4.73. The van der Waals surface area contributed by atoms with Gasteiger partial charge in [-0.2, -0.15) is 4.99 Å². The minimum atomic E-state index is -0.413. The van der Waals surface area contributed by atoms with E-state index in [1.807, 2.05) is 24.3 Å². The van der Waals surface area contributed by atoms with E-state index < -0.39 is 5.91 Å². The molecule has 1 amide bonds. The Bertz CT molecular complexity index is 742. The van der Waals surface area contributed by atoms with Crippen molar-refractivity contribution in [1.82, 2.24) is 0 Å². The fourth-order valence-electron chi connectivity index (χ4n) is 2.16. The summed E-state index contributed by atoms with van der Waals surface area (Å²) < 4.78 is 5.83. The van der Waals surface area contributed by atoms with Gasteiger partial charge in [0.05, 0.1) is 12.2 Å². The van der Waals surface area contributed by atoms with E-state index in [0.717, 1.165) is 0 Å². The Balaban J connectivity index is 1.68. The lowest BCUT2D eigenvalue weighted by atomic mass is 10.1. The summed E-state index contributed by atoms with van der Waals surface area (Å²) in [4.78, 5) is 28.1. The zero-order valence-electron chi connectivity index (χ0n) is 11.2. The molecule has 0 bridgehead atoms. The maximum atomic E-state index is 11.9. The fraction of sp³-hybridized carbons (Fsp3) is 0.267. The third-order valence-electron chi connectivity index (χ3n) is 3.50. The molecule has 0 saturated heterocycles. The molecule has 2 aliphatic heterocycles. The lowest BCUT2D eigenvalue weighted by Gasteiger charge is -2.12. The van der Waals surface area contributed by atoms with E-state index in [9.17, 15) is 4.79 Å². The van der Waals surface area contributed by atoms with Crippen molar-refractivity contribution in [3.8, 4) is 5.75 Å². The SMILES string of the molecule is O=C1N=C(c2ccccc2OCC2CC2)N=C2N=CN=C12. The number of aliphatic imine (C=N–C) groups is 4.